The smallest absolute Gasteiger partial charge is 0.0803 e. The Morgan fingerprint density at radius 1 is 1.67 bits per heavy atom. The van der Waals surface area contributed by atoms with Crippen LogP contribution in [0.15, 0.2) is 18.3 Å². The second kappa shape index (κ2) is 4.18. The molecule has 0 saturated carbocycles. The molecule has 12 heavy (non-hydrogen) atoms. The van der Waals surface area contributed by atoms with E-state index in [1.807, 2.05) is 19.1 Å². The van der Waals surface area contributed by atoms with E-state index in [2.05, 4.69) is 4.98 Å². The summed E-state index contributed by atoms with van der Waals surface area (Å²) in [4.78, 5) is 4.04. The molecule has 0 aliphatic heterocycles. The van der Waals surface area contributed by atoms with Crippen molar-refractivity contribution in [2.75, 3.05) is 6.54 Å². The average Bonchev–Trinajstić information content (AvgIpc) is 2.05. The van der Waals surface area contributed by atoms with Crippen molar-refractivity contribution in [1.82, 2.24) is 4.98 Å². The van der Waals surface area contributed by atoms with Crippen molar-refractivity contribution in [2.24, 2.45) is 5.73 Å². The molecule has 0 aliphatic rings. The number of hydrogen-bond acceptors (Lipinski definition) is 3. The molecule has 0 amide bonds. The maximum absolute atomic E-state index is 9.54. The van der Waals surface area contributed by atoms with Crippen molar-refractivity contribution >= 4 is 0 Å². The zero-order valence-corrected chi connectivity index (χ0v) is 7.20. The van der Waals surface area contributed by atoms with E-state index in [0.29, 0.717) is 13.0 Å². The summed E-state index contributed by atoms with van der Waals surface area (Å²) in [5.41, 5.74) is 7.15. The Kier molecular flexibility index (Phi) is 3.19. The van der Waals surface area contributed by atoms with E-state index in [9.17, 15) is 5.11 Å². The first-order chi connectivity index (χ1) is 5.74. The van der Waals surface area contributed by atoms with Gasteiger partial charge in [-0.3, -0.25) is 4.98 Å². The van der Waals surface area contributed by atoms with Gasteiger partial charge in [0.1, 0.15) is 0 Å². The van der Waals surface area contributed by atoms with Crippen molar-refractivity contribution in [3.63, 3.8) is 0 Å². The van der Waals surface area contributed by atoms with Gasteiger partial charge >= 0.3 is 0 Å². The molecular formula is C9H14N2O. The maximum atomic E-state index is 9.54. The quantitative estimate of drug-likeness (QED) is 0.697. The molecule has 1 unspecified atom stereocenters. The van der Waals surface area contributed by atoms with Gasteiger partial charge in [-0.05, 0) is 37.6 Å². The first-order valence-electron chi connectivity index (χ1n) is 4.04. The molecule has 0 spiro atoms. The number of rotatable bonds is 3. The monoisotopic (exact) mass is 166 g/mol. The molecule has 0 saturated heterocycles. The molecule has 0 fully saturated rings. The van der Waals surface area contributed by atoms with Crippen LogP contribution in [0.2, 0.25) is 0 Å². The lowest BCUT2D eigenvalue weighted by Gasteiger charge is -2.08. The maximum Gasteiger partial charge on any atom is 0.0803 e. The average molecular weight is 166 g/mol. The van der Waals surface area contributed by atoms with Crippen LogP contribution in [0.4, 0.5) is 0 Å². The fourth-order valence-corrected chi connectivity index (χ4v) is 1.10. The number of nitrogens with two attached hydrogens (primary N) is 1. The molecule has 3 N–H and O–H groups in total. The lowest BCUT2D eigenvalue weighted by atomic mass is 10.1. The third-order valence-corrected chi connectivity index (χ3v) is 1.75. The van der Waals surface area contributed by atoms with Gasteiger partial charge in [-0.15, -0.1) is 0 Å². The highest BCUT2D eigenvalue weighted by Gasteiger charge is 2.05. The zero-order chi connectivity index (χ0) is 8.97. The summed E-state index contributed by atoms with van der Waals surface area (Å²) in [7, 11) is 0. The van der Waals surface area contributed by atoms with Crippen LogP contribution in [0.5, 0.6) is 0 Å². The highest BCUT2D eigenvalue weighted by Crippen LogP contribution is 2.15. The van der Waals surface area contributed by atoms with Crippen molar-refractivity contribution in [3.8, 4) is 0 Å². The van der Waals surface area contributed by atoms with Gasteiger partial charge < -0.3 is 10.8 Å². The highest BCUT2D eigenvalue weighted by molar-refractivity contribution is 5.17. The van der Waals surface area contributed by atoms with Crippen molar-refractivity contribution in [3.05, 3.63) is 29.6 Å². The first-order valence-corrected chi connectivity index (χ1v) is 4.04. The summed E-state index contributed by atoms with van der Waals surface area (Å²) in [6.07, 6.45) is 1.85. The SMILES string of the molecule is Cc1cc(C(O)CCN)ccn1. The summed E-state index contributed by atoms with van der Waals surface area (Å²) < 4.78 is 0. The summed E-state index contributed by atoms with van der Waals surface area (Å²) in [5.74, 6) is 0. The predicted molar refractivity (Wildman–Crippen MR) is 47.6 cm³/mol. The first kappa shape index (κ1) is 9.16. The second-order valence-corrected chi connectivity index (χ2v) is 2.82. The third kappa shape index (κ3) is 2.29. The van der Waals surface area contributed by atoms with Gasteiger partial charge in [0.05, 0.1) is 6.10 Å². The minimum absolute atomic E-state index is 0.448. The number of hydrogen-bond donors (Lipinski definition) is 2. The van der Waals surface area contributed by atoms with E-state index in [-0.39, 0.29) is 0 Å². The summed E-state index contributed by atoms with van der Waals surface area (Å²) in [6, 6.07) is 3.69. The molecule has 3 heteroatoms. The van der Waals surface area contributed by atoms with Crippen LogP contribution in [0.3, 0.4) is 0 Å². The second-order valence-electron chi connectivity index (χ2n) is 2.82. The summed E-state index contributed by atoms with van der Waals surface area (Å²) in [6.45, 7) is 2.40. The third-order valence-electron chi connectivity index (χ3n) is 1.75. The molecule has 0 radical (unpaired) electrons. The van der Waals surface area contributed by atoms with Crippen LogP contribution < -0.4 is 5.73 Å². The number of nitrogens with zero attached hydrogens (tertiary/aromatic N) is 1. The van der Waals surface area contributed by atoms with Crippen LogP contribution >= 0.6 is 0 Å². The summed E-state index contributed by atoms with van der Waals surface area (Å²) >= 11 is 0. The standard InChI is InChI=1S/C9H14N2O/c1-7-6-8(3-5-11-7)9(12)2-4-10/h3,5-6,9,12H,2,4,10H2,1H3. The molecule has 1 rings (SSSR count). The fourth-order valence-electron chi connectivity index (χ4n) is 1.10. The van der Waals surface area contributed by atoms with E-state index in [1.54, 1.807) is 6.20 Å². The van der Waals surface area contributed by atoms with Crippen LogP contribution in [0, 0.1) is 6.92 Å². The van der Waals surface area contributed by atoms with Crippen LogP contribution in [0.25, 0.3) is 0 Å². The molecule has 0 bridgehead atoms. The Balaban J connectivity index is 2.73. The van der Waals surface area contributed by atoms with Crippen LogP contribution in [0.1, 0.15) is 23.8 Å². The van der Waals surface area contributed by atoms with Crippen molar-refractivity contribution in [2.45, 2.75) is 19.4 Å². The normalized spacial score (nSPS) is 12.9. The number of aryl methyl sites for hydroxylation is 1. The number of pyridine rings is 1. The largest absolute Gasteiger partial charge is 0.388 e. The number of aliphatic hydroxyl groups is 1. The van der Waals surface area contributed by atoms with Crippen LogP contribution in [-0.4, -0.2) is 16.6 Å². The van der Waals surface area contributed by atoms with Gasteiger partial charge in [-0.1, -0.05) is 0 Å². The molecule has 66 valence electrons. The van der Waals surface area contributed by atoms with Gasteiger partial charge in [0.2, 0.25) is 0 Å². The van der Waals surface area contributed by atoms with E-state index in [4.69, 9.17) is 5.73 Å². The minimum atomic E-state index is -0.448. The predicted octanol–water partition coefficient (Wildman–Crippen LogP) is 0.772. The molecular weight excluding hydrogens is 152 g/mol. The van der Waals surface area contributed by atoms with E-state index >= 15 is 0 Å². The van der Waals surface area contributed by atoms with Crippen molar-refractivity contribution in [1.29, 1.82) is 0 Å². The molecule has 0 aliphatic carbocycles. The topological polar surface area (TPSA) is 59.1 Å². The molecule has 1 aromatic heterocycles. The lowest BCUT2D eigenvalue weighted by Crippen LogP contribution is -2.06. The Bertz CT molecular complexity index is 250. The van der Waals surface area contributed by atoms with Crippen molar-refractivity contribution < 1.29 is 5.11 Å². The number of aliphatic hydroxyl groups excluding tert-OH is 1. The Labute approximate surface area is 72.2 Å². The molecule has 3 nitrogen and oxygen atoms in total. The van der Waals surface area contributed by atoms with Gasteiger partial charge in [0.25, 0.3) is 0 Å². The highest BCUT2D eigenvalue weighted by atomic mass is 16.3. The molecule has 0 aromatic carbocycles. The van der Waals surface area contributed by atoms with E-state index < -0.39 is 6.10 Å². The van der Waals surface area contributed by atoms with Gasteiger partial charge in [0.15, 0.2) is 0 Å². The molecule has 1 atom stereocenters. The zero-order valence-electron chi connectivity index (χ0n) is 7.20. The Hall–Kier alpha value is -0.930. The lowest BCUT2D eigenvalue weighted by molar-refractivity contribution is 0.170. The van der Waals surface area contributed by atoms with Gasteiger partial charge in [-0.25, -0.2) is 0 Å². The molecule has 1 aromatic rings. The van der Waals surface area contributed by atoms with E-state index in [0.717, 1.165) is 11.3 Å². The van der Waals surface area contributed by atoms with E-state index in [1.165, 1.54) is 0 Å². The summed E-state index contributed by atoms with van der Waals surface area (Å²) in [5, 5.41) is 9.54. The fraction of sp³-hybridized carbons (Fsp3) is 0.444. The van der Waals surface area contributed by atoms with Gasteiger partial charge in [-0.2, -0.15) is 0 Å². The Morgan fingerprint density at radius 2 is 2.42 bits per heavy atom. The van der Waals surface area contributed by atoms with Gasteiger partial charge in [0, 0.05) is 11.9 Å². The Morgan fingerprint density at radius 3 is 3.00 bits per heavy atom. The van der Waals surface area contributed by atoms with Crippen LogP contribution in [-0.2, 0) is 0 Å². The minimum Gasteiger partial charge on any atom is -0.388 e. The molecule has 1 heterocycles. The number of aromatic nitrogens is 1.